The molecule has 2 heterocycles. The monoisotopic (exact) mass is 512 g/mol. The van der Waals surface area contributed by atoms with Crippen molar-refractivity contribution >= 4 is 18.0 Å². The van der Waals surface area contributed by atoms with Crippen molar-refractivity contribution in [3.05, 3.63) is 46.2 Å². The Balaban J connectivity index is 1.60. The molecular weight excluding hydrogens is 480 g/mol. The van der Waals surface area contributed by atoms with E-state index in [2.05, 4.69) is 4.90 Å². The van der Waals surface area contributed by atoms with Crippen LogP contribution in [-0.2, 0) is 11.3 Å². The van der Waals surface area contributed by atoms with Gasteiger partial charge in [0, 0.05) is 32.7 Å². The molecule has 2 aromatic carbocycles. The van der Waals surface area contributed by atoms with Crippen LogP contribution in [0, 0.1) is 6.92 Å². The van der Waals surface area contributed by atoms with Crippen LogP contribution in [0.25, 0.3) is 6.08 Å². The van der Waals surface area contributed by atoms with Gasteiger partial charge in [0.15, 0.2) is 17.3 Å². The summed E-state index contributed by atoms with van der Waals surface area (Å²) in [6, 6.07) is 5.04. The highest BCUT2D eigenvalue weighted by atomic mass is 16.6. The Hall–Kier alpha value is -3.92. The number of ketones is 1. The molecule has 2 aliphatic heterocycles. The summed E-state index contributed by atoms with van der Waals surface area (Å²) >= 11 is 0. The minimum Gasteiger partial charge on any atom is -0.507 e. The standard InChI is InChI=1S/C27H32N2O8/c1-6-36-27(32)29-9-7-28(8-10-29)15-18-19(30)11-16(2)23-24(31)20(37-25(18)23)12-17-13-21(33-3)26(35-5)22(14-17)34-4/h11-14,30H,6-10,15H2,1-5H3/b20-12-. The van der Waals surface area contributed by atoms with Crippen molar-refractivity contribution in [3.63, 3.8) is 0 Å². The molecule has 0 bridgehead atoms. The van der Waals surface area contributed by atoms with Crippen LogP contribution >= 0.6 is 0 Å². The van der Waals surface area contributed by atoms with Gasteiger partial charge in [-0.25, -0.2) is 4.79 Å². The maximum atomic E-state index is 13.4. The zero-order valence-corrected chi connectivity index (χ0v) is 21.8. The number of piperazine rings is 1. The highest BCUT2D eigenvalue weighted by molar-refractivity contribution is 6.16. The van der Waals surface area contributed by atoms with E-state index in [-0.39, 0.29) is 23.4 Å². The Morgan fingerprint density at radius 1 is 1.05 bits per heavy atom. The Kier molecular flexibility index (Phi) is 7.77. The highest BCUT2D eigenvalue weighted by Gasteiger charge is 2.34. The lowest BCUT2D eigenvalue weighted by Crippen LogP contribution is -2.48. The van der Waals surface area contributed by atoms with E-state index in [1.807, 2.05) is 0 Å². The number of nitrogens with zero attached hydrogens (tertiary/aromatic N) is 2. The van der Waals surface area contributed by atoms with Crippen LogP contribution in [0.1, 0.15) is 34.0 Å². The number of phenolic OH excluding ortho intramolecular Hbond substituents is 1. The SMILES string of the molecule is CCOC(=O)N1CCN(Cc2c(O)cc(C)c3c2O/C(=C\c2cc(OC)c(OC)c(OC)c2)C3=O)CC1. The lowest BCUT2D eigenvalue weighted by molar-refractivity contribution is 0.0774. The molecule has 2 aliphatic rings. The fourth-order valence-electron chi connectivity index (χ4n) is 4.60. The topological polar surface area (TPSA) is 107 Å². The molecular formula is C27H32N2O8. The number of fused-ring (bicyclic) bond motifs is 1. The zero-order valence-electron chi connectivity index (χ0n) is 21.8. The van der Waals surface area contributed by atoms with Gasteiger partial charge in [-0.3, -0.25) is 9.69 Å². The number of ether oxygens (including phenoxy) is 5. The Bertz CT molecular complexity index is 1210. The molecule has 198 valence electrons. The van der Waals surface area contributed by atoms with E-state index >= 15 is 0 Å². The third kappa shape index (κ3) is 5.15. The van der Waals surface area contributed by atoms with Crippen LogP contribution in [-0.4, -0.2) is 80.9 Å². The molecule has 10 heteroatoms. The van der Waals surface area contributed by atoms with E-state index in [1.165, 1.54) is 21.3 Å². The Morgan fingerprint density at radius 2 is 1.70 bits per heavy atom. The molecule has 0 spiro atoms. The first-order valence-corrected chi connectivity index (χ1v) is 12.0. The third-order valence-corrected chi connectivity index (χ3v) is 6.49. The summed E-state index contributed by atoms with van der Waals surface area (Å²) in [5.41, 5.74) is 2.22. The number of phenols is 1. The van der Waals surface area contributed by atoms with Gasteiger partial charge in [0.2, 0.25) is 11.5 Å². The highest BCUT2D eigenvalue weighted by Crippen LogP contribution is 2.43. The van der Waals surface area contributed by atoms with Gasteiger partial charge in [-0.2, -0.15) is 0 Å². The van der Waals surface area contributed by atoms with E-state index in [1.54, 1.807) is 43.0 Å². The van der Waals surface area contributed by atoms with E-state index < -0.39 is 0 Å². The minimum atomic E-state index is -0.322. The first kappa shape index (κ1) is 26.2. The van der Waals surface area contributed by atoms with E-state index in [0.717, 1.165) is 0 Å². The van der Waals surface area contributed by atoms with Crippen LogP contribution in [0.5, 0.6) is 28.7 Å². The summed E-state index contributed by atoms with van der Waals surface area (Å²) < 4.78 is 27.4. The van der Waals surface area contributed by atoms with Crippen LogP contribution in [0.4, 0.5) is 4.79 Å². The first-order valence-electron chi connectivity index (χ1n) is 12.0. The van der Waals surface area contributed by atoms with Gasteiger partial charge in [-0.15, -0.1) is 0 Å². The maximum Gasteiger partial charge on any atom is 0.409 e. The molecule has 0 saturated carbocycles. The number of allylic oxidation sites excluding steroid dienone is 1. The summed E-state index contributed by atoms with van der Waals surface area (Å²) in [6.45, 7) is 6.48. The maximum absolute atomic E-state index is 13.4. The van der Waals surface area contributed by atoms with Crippen molar-refractivity contribution in [2.75, 3.05) is 54.1 Å². The molecule has 0 atom stereocenters. The summed E-state index contributed by atoms with van der Waals surface area (Å²) in [6.07, 6.45) is 1.29. The quantitative estimate of drug-likeness (QED) is 0.557. The molecule has 2 aromatic rings. The molecule has 37 heavy (non-hydrogen) atoms. The summed E-state index contributed by atoms with van der Waals surface area (Å²) in [5, 5.41) is 10.8. The summed E-state index contributed by atoms with van der Waals surface area (Å²) in [7, 11) is 4.56. The molecule has 0 unspecified atom stereocenters. The van der Waals surface area contributed by atoms with Crippen LogP contribution in [0.2, 0.25) is 0 Å². The van der Waals surface area contributed by atoms with E-state index in [9.17, 15) is 14.7 Å². The fourth-order valence-corrected chi connectivity index (χ4v) is 4.60. The van der Waals surface area contributed by atoms with Crippen LogP contribution in [0.15, 0.2) is 24.0 Å². The number of carbonyl (C=O) groups is 2. The number of carbonyl (C=O) groups excluding carboxylic acids is 2. The summed E-state index contributed by atoms with van der Waals surface area (Å²) in [5.74, 6) is 1.63. The molecule has 1 N–H and O–H groups in total. The number of benzene rings is 2. The molecule has 1 amide bonds. The number of rotatable bonds is 7. The predicted octanol–water partition coefficient (Wildman–Crippen LogP) is 3.62. The first-order chi connectivity index (χ1) is 17.8. The van der Waals surface area contributed by atoms with Crippen molar-refractivity contribution in [1.82, 2.24) is 9.80 Å². The number of aromatic hydroxyl groups is 1. The molecule has 1 saturated heterocycles. The smallest absolute Gasteiger partial charge is 0.409 e. The molecule has 4 rings (SSSR count). The van der Waals surface area contributed by atoms with Crippen molar-refractivity contribution in [2.24, 2.45) is 0 Å². The number of hydrogen-bond donors (Lipinski definition) is 1. The van der Waals surface area contributed by atoms with Crippen molar-refractivity contribution < 1.29 is 38.4 Å². The number of hydrogen-bond acceptors (Lipinski definition) is 9. The van der Waals surface area contributed by atoms with Gasteiger partial charge in [-0.1, -0.05) is 0 Å². The number of methoxy groups -OCH3 is 3. The number of Topliss-reactive ketones (excluding diaryl/α,β-unsaturated/α-hetero) is 1. The number of aryl methyl sites for hydroxylation is 1. The van der Waals surface area contributed by atoms with Gasteiger partial charge in [0.25, 0.3) is 0 Å². The van der Waals surface area contributed by atoms with Crippen LogP contribution < -0.4 is 18.9 Å². The fraction of sp³-hybridized carbons (Fsp3) is 0.407. The molecule has 0 aliphatic carbocycles. The second-order valence-electron chi connectivity index (χ2n) is 8.76. The van der Waals surface area contributed by atoms with Crippen molar-refractivity contribution in [3.8, 4) is 28.7 Å². The lowest BCUT2D eigenvalue weighted by atomic mass is 9.99. The van der Waals surface area contributed by atoms with Crippen molar-refractivity contribution in [2.45, 2.75) is 20.4 Å². The summed E-state index contributed by atoms with van der Waals surface area (Å²) in [4.78, 5) is 29.1. The van der Waals surface area contributed by atoms with Gasteiger partial charge in [-0.05, 0) is 49.2 Å². The Labute approximate surface area is 215 Å². The Morgan fingerprint density at radius 3 is 2.27 bits per heavy atom. The molecule has 0 radical (unpaired) electrons. The van der Waals surface area contributed by atoms with Gasteiger partial charge < -0.3 is 33.7 Å². The van der Waals surface area contributed by atoms with Gasteiger partial charge in [0.1, 0.15) is 11.5 Å². The van der Waals surface area contributed by atoms with Gasteiger partial charge >= 0.3 is 6.09 Å². The predicted molar refractivity (Wildman–Crippen MR) is 136 cm³/mol. The minimum absolute atomic E-state index is 0.0610. The van der Waals surface area contributed by atoms with Crippen molar-refractivity contribution in [1.29, 1.82) is 0 Å². The van der Waals surface area contributed by atoms with Gasteiger partial charge in [0.05, 0.1) is 39.1 Å². The average molecular weight is 513 g/mol. The normalized spacial score (nSPS) is 16.4. The zero-order chi connectivity index (χ0) is 26.7. The number of amides is 1. The van der Waals surface area contributed by atoms with E-state index in [0.29, 0.717) is 84.6 Å². The largest absolute Gasteiger partial charge is 0.507 e. The van der Waals surface area contributed by atoms with Crippen LogP contribution in [0.3, 0.4) is 0 Å². The molecule has 0 aromatic heterocycles. The van der Waals surface area contributed by atoms with E-state index in [4.69, 9.17) is 23.7 Å². The third-order valence-electron chi connectivity index (χ3n) is 6.49. The second-order valence-corrected chi connectivity index (χ2v) is 8.76. The lowest BCUT2D eigenvalue weighted by Gasteiger charge is -2.34. The average Bonchev–Trinajstić information content (AvgIpc) is 3.22. The molecule has 1 fully saturated rings. The second kappa shape index (κ2) is 11.0. The molecule has 10 nitrogen and oxygen atoms in total.